The van der Waals surface area contributed by atoms with Crippen molar-refractivity contribution in [3.05, 3.63) is 150 Å². The van der Waals surface area contributed by atoms with Crippen molar-refractivity contribution in [2.24, 2.45) is 0 Å². The Morgan fingerprint density at radius 2 is 1.62 bits per heavy atom. The summed E-state index contributed by atoms with van der Waals surface area (Å²) in [6, 6.07) is 21.2. The number of pyridine rings is 2. The van der Waals surface area contributed by atoms with Crippen LogP contribution in [0.2, 0.25) is 0 Å². The van der Waals surface area contributed by atoms with Crippen molar-refractivity contribution in [2.45, 2.75) is 33.7 Å². The van der Waals surface area contributed by atoms with Crippen LogP contribution in [0.25, 0.3) is 21.9 Å². The molecule has 12 nitrogen and oxygen atoms in total. The summed E-state index contributed by atoms with van der Waals surface area (Å²) < 4.78 is 15.1. The van der Waals surface area contributed by atoms with Gasteiger partial charge in [0.2, 0.25) is 0 Å². The lowest BCUT2D eigenvalue weighted by molar-refractivity contribution is 0.0741. The van der Waals surface area contributed by atoms with Crippen LogP contribution in [0.15, 0.2) is 88.6 Å². The van der Waals surface area contributed by atoms with E-state index in [2.05, 4.69) is 30.7 Å². The molecule has 1 aliphatic heterocycles. The largest absolute Gasteiger partial charge is 0.388 e. The fourth-order valence-corrected chi connectivity index (χ4v) is 7.14. The van der Waals surface area contributed by atoms with Gasteiger partial charge in [-0.05, 0) is 91.6 Å². The molecule has 280 valence electrons. The van der Waals surface area contributed by atoms with E-state index < -0.39 is 5.82 Å². The molecule has 0 spiro atoms. The molecule has 1 saturated heterocycles. The van der Waals surface area contributed by atoms with Crippen LogP contribution in [-0.2, 0) is 13.0 Å². The van der Waals surface area contributed by atoms with Gasteiger partial charge >= 0.3 is 0 Å². The SMILES string of the molecule is CNc1cc(-c2ccc(N3CCN(C(=O)c4cc(Cc5n[nH]c(=O)c6ccccc56)ccc4F)CC3)nc2)cc(C(=O)NCc2c(C)cc(C)[nH]c2=O)c1C. The van der Waals surface area contributed by atoms with Gasteiger partial charge in [-0.2, -0.15) is 5.10 Å². The molecular formula is C42H41FN8O4. The summed E-state index contributed by atoms with van der Waals surface area (Å²) >= 11 is 0. The van der Waals surface area contributed by atoms with Gasteiger partial charge < -0.3 is 25.4 Å². The van der Waals surface area contributed by atoms with Crippen molar-refractivity contribution in [2.75, 3.05) is 43.4 Å². The van der Waals surface area contributed by atoms with E-state index in [0.717, 1.165) is 39.5 Å². The van der Waals surface area contributed by atoms with Gasteiger partial charge in [-0.15, -0.1) is 0 Å². The zero-order valence-corrected chi connectivity index (χ0v) is 31.0. The van der Waals surface area contributed by atoms with E-state index in [-0.39, 0.29) is 35.0 Å². The Morgan fingerprint density at radius 3 is 2.33 bits per heavy atom. The molecule has 0 saturated carbocycles. The Balaban J connectivity index is 1.01. The number of piperazine rings is 1. The maximum Gasteiger partial charge on any atom is 0.272 e. The third-order valence-electron chi connectivity index (χ3n) is 10.2. The predicted octanol–water partition coefficient (Wildman–Crippen LogP) is 5.26. The van der Waals surface area contributed by atoms with Crippen LogP contribution in [0.4, 0.5) is 15.9 Å². The predicted molar refractivity (Wildman–Crippen MR) is 211 cm³/mol. The molecule has 2 amide bonds. The molecule has 1 aliphatic rings. The molecule has 3 aromatic carbocycles. The normalized spacial score (nSPS) is 12.9. The van der Waals surface area contributed by atoms with Crippen LogP contribution in [0.3, 0.4) is 0 Å². The lowest BCUT2D eigenvalue weighted by Gasteiger charge is -2.35. The van der Waals surface area contributed by atoms with Gasteiger partial charge in [0, 0.05) is 85.8 Å². The second-order valence-electron chi connectivity index (χ2n) is 13.8. The van der Waals surface area contributed by atoms with Crippen LogP contribution in [-0.4, -0.2) is 70.1 Å². The summed E-state index contributed by atoms with van der Waals surface area (Å²) in [4.78, 5) is 63.0. The molecule has 0 unspecified atom stereocenters. The van der Waals surface area contributed by atoms with Gasteiger partial charge in [-0.3, -0.25) is 19.2 Å². The minimum Gasteiger partial charge on any atom is -0.388 e. The summed E-state index contributed by atoms with van der Waals surface area (Å²) in [6.07, 6.45) is 2.08. The van der Waals surface area contributed by atoms with Crippen molar-refractivity contribution in [3.8, 4) is 11.1 Å². The molecule has 4 N–H and O–H groups in total. The average molecular weight is 741 g/mol. The number of amides is 2. The first-order valence-electron chi connectivity index (χ1n) is 18.1. The first-order valence-corrected chi connectivity index (χ1v) is 18.1. The Kier molecular flexibility index (Phi) is 10.3. The van der Waals surface area contributed by atoms with Crippen molar-refractivity contribution < 1.29 is 14.0 Å². The number of rotatable bonds is 9. The number of halogens is 1. The molecule has 7 rings (SSSR count). The molecule has 3 aromatic heterocycles. The lowest BCUT2D eigenvalue weighted by Crippen LogP contribution is -2.49. The Hall–Kier alpha value is -6.63. The minimum atomic E-state index is -0.595. The van der Waals surface area contributed by atoms with Gasteiger partial charge in [0.25, 0.3) is 22.9 Å². The molecule has 13 heteroatoms. The zero-order chi connectivity index (χ0) is 38.8. The van der Waals surface area contributed by atoms with E-state index in [1.54, 1.807) is 42.4 Å². The monoisotopic (exact) mass is 740 g/mol. The Labute approximate surface area is 316 Å². The molecule has 4 heterocycles. The van der Waals surface area contributed by atoms with Crippen LogP contribution in [0.5, 0.6) is 0 Å². The van der Waals surface area contributed by atoms with Gasteiger partial charge in [-0.25, -0.2) is 14.5 Å². The molecule has 0 atom stereocenters. The fraction of sp³-hybridized carbons (Fsp3) is 0.238. The second-order valence-corrected chi connectivity index (χ2v) is 13.8. The summed E-state index contributed by atoms with van der Waals surface area (Å²) in [5.74, 6) is -0.537. The van der Waals surface area contributed by atoms with Crippen molar-refractivity contribution in [3.63, 3.8) is 0 Å². The molecule has 55 heavy (non-hydrogen) atoms. The first-order chi connectivity index (χ1) is 26.5. The summed E-state index contributed by atoms with van der Waals surface area (Å²) in [5, 5.41) is 14.1. The fourth-order valence-electron chi connectivity index (χ4n) is 7.14. The maximum atomic E-state index is 15.1. The van der Waals surface area contributed by atoms with Crippen LogP contribution in [0.1, 0.15) is 54.4 Å². The standard InChI is InChI=1S/C42H41FN8O4/c1-24-17-25(2)47-40(53)34(24)23-46-39(52)32-20-29(21-36(44-4)26(32)3)28-10-12-38(45-22-28)50-13-15-51(16-14-50)42(55)33-18-27(9-11-35(33)43)19-37-30-7-5-6-8-31(30)41(54)49-48-37/h5-12,17-18,20-22,44H,13-16,19,23H2,1-4H3,(H,46,52)(H,47,53)(H,49,54). The third-order valence-corrected chi connectivity index (χ3v) is 10.2. The number of aromatic nitrogens is 4. The zero-order valence-electron chi connectivity index (χ0n) is 31.0. The number of carbonyl (C=O) groups is 2. The van der Waals surface area contributed by atoms with Crippen LogP contribution >= 0.6 is 0 Å². The smallest absolute Gasteiger partial charge is 0.272 e. The van der Waals surface area contributed by atoms with Crippen molar-refractivity contribution >= 4 is 34.1 Å². The van der Waals surface area contributed by atoms with E-state index in [4.69, 9.17) is 4.98 Å². The summed E-state index contributed by atoms with van der Waals surface area (Å²) in [5.41, 5.74) is 6.58. The van der Waals surface area contributed by atoms with Gasteiger partial charge in [0.05, 0.1) is 16.6 Å². The summed E-state index contributed by atoms with van der Waals surface area (Å²) in [7, 11) is 1.80. The molecular weight excluding hydrogens is 700 g/mol. The highest BCUT2D eigenvalue weighted by atomic mass is 19.1. The first kappa shape index (κ1) is 36.7. The number of H-pyrrole nitrogens is 2. The number of nitrogens with one attached hydrogen (secondary N) is 4. The van der Waals surface area contributed by atoms with Gasteiger partial charge in [-0.1, -0.05) is 24.3 Å². The number of benzene rings is 3. The van der Waals surface area contributed by atoms with Gasteiger partial charge in [0.15, 0.2) is 0 Å². The van der Waals surface area contributed by atoms with E-state index >= 15 is 4.39 Å². The number of nitrogens with zero attached hydrogens (tertiary/aromatic N) is 4. The number of fused-ring (bicyclic) bond motifs is 1. The minimum absolute atomic E-state index is 0.00633. The second kappa shape index (κ2) is 15.4. The Morgan fingerprint density at radius 1 is 0.855 bits per heavy atom. The number of aryl methyl sites for hydroxylation is 2. The molecule has 6 aromatic rings. The van der Waals surface area contributed by atoms with E-state index in [0.29, 0.717) is 65.8 Å². The highest BCUT2D eigenvalue weighted by Gasteiger charge is 2.25. The molecule has 0 bridgehead atoms. The maximum absolute atomic E-state index is 15.1. The van der Waals surface area contributed by atoms with Crippen molar-refractivity contribution in [1.29, 1.82) is 0 Å². The average Bonchev–Trinajstić information content (AvgIpc) is 3.19. The van der Waals surface area contributed by atoms with E-state index in [9.17, 15) is 19.2 Å². The Bertz CT molecular complexity index is 2560. The van der Waals surface area contributed by atoms with Crippen LogP contribution < -0.4 is 26.7 Å². The van der Waals surface area contributed by atoms with Crippen LogP contribution in [0, 0.1) is 26.6 Å². The molecule has 0 radical (unpaired) electrons. The lowest BCUT2D eigenvalue weighted by atomic mass is 9.98. The number of anilines is 2. The third kappa shape index (κ3) is 7.59. The highest BCUT2D eigenvalue weighted by molar-refractivity contribution is 5.99. The topological polar surface area (TPSA) is 156 Å². The number of hydrogen-bond acceptors (Lipinski definition) is 8. The quantitative estimate of drug-likeness (QED) is 0.157. The van der Waals surface area contributed by atoms with E-state index in [1.807, 2.05) is 63.2 Å². The molecule has 0 aliphatic carbocycles. The number of hydrogen-bond donors (Lipinski definition) is 4. The number of carbonyl (C=O) groups excluding carboxylic acids is 2. The summed E-state index contributed by atoms with van der Waals surface area (Å²) in [6.45, 7) is 7.43. The molecule has 1 fully saturated rings. The van der Waals surface area contributed by atoms with E-state index in [1.165, 1.54) is 6.07 Å². The highest BCUT2D eigenvalue weighted by Crippen LogP contribution is 2.30. The van der Waals surface area contributed by atoms with Crippen molar-refractivity contribution in [1.82, 2.24) is 30.4 Å². The number of aromatic amines is 2. The van der Waals surface area contributed by atoms with Gasteiger partial charge in [0.1, 0.15) is 11.6 Å².